The molecule has 1 aromatic heterocycles. The predicted octanol–water partition coefficient (Wildman–Crippen LogP) is 3.56. The van der Waals surface area contributed by atoms with E-state index in [0.29, 0.717) is 29.1 Å². The van der Waals surface area contributed by atoms with E-state index in [0.717, 1.165) is 24.3 Å². The van der Waals surface area contributed by atoms with Crippen molar-refractivity contribution in [3.8, 4) is 11.5 Å². The number of rotatable bonds is 6. The lowest BCUT2D eigenvalue weighted by atomic mass is 9.95. The molecule has 0 amide bonds. The summed E-state index contributed by atoms with van der Waals surface area (Å²) in [5, 5.41) is 6.68. The van der Waals surface area contributed by atoms with Crippen LogP contribution in [0.4, 0.5) is 23.0 Å². The molecule has 0 atom stereocenters. The summed E-state index contributed by atoms with van der Waals surface area (Å²) in [5.74, 6) is 2.60. The maximum absolute atomic E-state index is 6.28. The molecule has 2 aromatic rings. The summed E-state index contributed by atoms with van der Waals surface area (Å²) in [7, 11) is 3.23. The summed E-state index contributed by atoms with van der Waals surface area (Å²) in [6.07, 6.45) is 7.62. The van der Waals surface area contributed by atoms with E-state index in [1.807, 2.05) is 12.1 Å². The highest BCUT2D eigenvalue weighted by atomic mass is 16.5. The molecule has 134 valence electrons. The first-order chi connectivity index (χ1) is 12.2. The number of benzene rings is 1. The second-order valence-electron chi connectivity index (χ2n) is 6.16. The van der Waals surface area contributed by atoms with Crippen molar-refractivity contribution in [3.63, 3.8) is 0 Å². The van der Waals surface area contributed by atoms with E-state index in [2.05, 4.69) is 20.6 Å². The van der Waals surface area contributed by atoms with Gasteiger partial charge in [-0.2, -0.15) is 0 Å². The lowest BCUT2D eigenvalue weighted by Crippen LogP contribution is -2.23. The minimum atomic E-state index is 0.425. The zero-order valence-electron chi connectivity index (χ0n) is 14.7. The molecule has 0 radical (unpaired) electrons. The third kappa shape index (κ3) is 4.04. The molecule has 0 spiro atoms. The summed E-state index contributed by atoms with van der Waals surface area (Å²) in [6.45, 7) is 0. The summed E-state index contributed by atoms with van der Waals surface area (Å²) >= 11 is 0. The molecule has 7 nitrogen and oxygen atoms in total. The number of hydrogen-bond acceptors (Lipinski definition) is 7. The fraction of sp³-hybridized carbons (Fsp3) is 0.444. The highest BCUT2D eigenvalue weighted by molar-refractivity contribution is 5.79. The van der Waals surface area contributed by atoms with Gasteiger partial charge in [0.2, 0.25) is 0 Å². The largest absolute Gasteiger partial charge is 0.497 e. The minimum absolute atomic E-state index is 0.425. The number of ether oxygens (including phenoxy) is 2. The van der Waals surface area contributed by atoms with Gasteiger partial charge in [-0.25, -0.2) is 9.97 Å². The van der Waals surface area contributed by atoms with E-state index < -0.39 is 0 Å². The summed E-state index contributed by atoms with van der Waals surface area (Å²) < 4.78 is 10.6. The van der Waals surface area contributed by atoms with Gasteiger partial charge in [0, 0.05) is 12.1 Å². The Morgan fingerprint density at radius 3 is 2.52 bits per heavy atom. The quantitative estimate of drug-likeness (QED) is 0.738. The van der Waals surface area contributed by atoms with E-state index in [-0.39, 0.29) is 0 Å². The van der Waals surface area contributed by atoms with Crippen molar-refractivity contribution in [2.75, 3.05) is 30.6 Å². The van der Waals surface area contributed by atoms with Gasteiger partial charge in [0.1, 0.15) is 23.5 Å². The first-order valence-corrected chi connectivity index (χ1v) is 8.57. The van der Waals surface area contributed by atoms with Crippen LogP contribution < -0.4 is 25.8 Å². The van der Waals surface area contributed by atoms with E-state index in [9.17, 15) is 0 Å². The average Bonchev–Trinajstić information content (AvgIpc) is 2.66. The highest BCUT2D eigenvalue weighted by Crippen LogP contribution is 2.34. The molecule has 1 fully saturated rings. The first-order valence-electron chi connectivity index (χ1n) is 8.57. The number of methoxy groups -OCH3 is 2. The highest BCUT2D eigenvalue weighted by Gasteiger charge is 2.17. The van der Waals surface area contributed by atoms with Crippen LogP contribution in [0.5, 0.6) is 11.5 Å². The Morgan fingerprint density at radius 2 is 1.80 bits per heavy atom. The zero-order valence-corrected chi connectivity index (χ0v) is 14.7. The Hall–Kier alpha value is -2.70. The van der Waals surface area contributed by atoms with Gasteiger partial charge in [0.05, 0.1) is 19.9 Å². The summed E-state index contributed by atoms with van der Waals surface area (Å²) in [6, 6.07) is 5.95. The molecule has 0 aliphatic heterocycles. The van der Waals surface area contributed by atoms with Gasteiger partial charge in [0.25, 0.3) is 0 Å². The standard InChI is InChI=1S/C18H25N5O2/c1-24-13-8-9-14(15(10-13)25-2)23-18-16(19)17(20-11-21-18)22-12-6-4-3-5-7-12/h8-12H,3-7,19H2,1-2H3,(H2,20,21,22,23). The topological polar surface area (TPSA) is 94.3 Å². The molecule has 1 aliphatic rings. The van der Waals surface area contributed by atoms with Gasteiger partial charge in [-0.3, -0.25) is 0 Å². The Labute approximate surface area is 148 Å². The molecule has 3 rings (SSSR count). The molecule has 1 saturated carbocycles. The van der Waals surface area contributed by atoms with Crippen molar-refractivity contribution >= 4 is 23.0 Å². The zero-order chi connectivity index (χ0) is 17.6. The molecule has 0 bridgehead atoms. The van der Waals surface area contributed by atoms with Gasteiger partial charge in [0.15, 0.2) is 11.6 Å². The summed E-state index contributed by atoms with van der Waals surface area (Å²) in [5.41, 5.74) is 7.55. The van der Waals surface area contributed by atoms with Crippen LogP contribution in [0, 0.1) is 0 Å². The van der Waals surface area contributed by atoms with Crippen LogP contribution >= 0.6 is 0 Å². The predicted molar refractivity (Wildman–Crippen MR) is 99.8 cm³/mol. The van der Waals surface area contributed by atoms with Crippen LogP contribution in [-0.2, 0) is 0 Å². The number of nitrogens with one attached hydrogen (secondary N) is 2. The van der Waals surface area contributed by atoms with Crippen LogP contribution in [0.1, 0.15) is 32.1 Å². The van der Waals surface area contributed by atoms with Crippen LogP contribution in [0.25, 0.3) is 0 Å². The Morgan fingerprint density at radius 1 is 1.04 bits per heavy atom. The van der Waals surface area contributed by atoms with E-state index in [1.54, 1.807) is 20.3 Å². The Balaban J connectivity index is 1.80. The molecule has 4 N–H and O–H groups in total. The van der Waals surface area contributed by atoms with Gasteiger partial charge in [-0.1, -0.05) is 19.3 Å². The van der Waals surface area contributed by atoms with Gasteiger partial charge >= 0.3 is 0 Å². The van der Waals surface area contributed by atoms with Crippen molar-refractivity contribution in [1.82, 2.24) is 9.97 Å². The Bertz CT molecular complexity index is 717. The van der Waals surface area contributed by atoms with Crippen LogP contribution in [-0.4, -0.2) is 30.2 Å². The second kappa shape index (κ2) is 7.92. The van der Waals surface area contributed by atoms with Crippen molar-refractivity contribution in [1.29, 1.82) is 0 Å². The molecule has 1 aromatic carbocycles. The normalized spacial score (nSPS) is 14.8. The molecular weight excluding hydrogens is 318 g/mol. The monoisotopic (exact) mass is 343 g/mol. The van der Waals surface area contributed by atoms with Crippen LogP contribution in [0.3, 0.4) is 0 Å². The van der Waals surface area contributed by atoms with Gasteiger partial charge < -0.3 is 25.8 Å². The fourth-order valence-electron chi connectivity index (χ4n) is 3.08. The third-order valence-electron chi connectivity index (χ3n) is 4.49. The number of nitrogens with two attached hydrogens (primary N) is 1. The second-order valence-corrected chi connectivity index (χ2v) is 6.16. The van der Waals surface area contributed by atoms with Gasteiger partial charge in [-0.05, 0) is 25.0 Å². The van der Waals surface area contributed by atoms with E-state index >= 15 is 0 Å². The van der Waals surface area contributed by atoms with Crippen molar-refractivity contribution in [3.05, 3.63) is 24.5 Å². The van der Waals surface area contributed by atoms with Crippen molar-refractivity contribution in [2.24, 2.45) is 0 Å². The average molecular weight is 343 g/mol. The Kier molecular flexibility index (Phi) is 5.42. The summed E-state index contributed by atoms with van der Waals surface area (Å²) in [4.78, 5) is 8.58. The number of aromatic nitrogens is 2. The fourth-order valence-corrected chi connectivity index (χ4v) is 3.08. The molecule has 25 heavy (non-hydrogen) atoms. The van der Waals surface area contributed by atoms with Crippen LogP contribution in [0.2, 0.25) is 0 Å². The molecule has 1 heterocycles. The molecule has 0 saturated heterocycles. The maximum atomic E-state index is 6.28. The SMILES string of the molecule is COc1ccc(Nc2ncnc(NC3CCCCC3)c2N)c(OC)c1. The van der Waals surface area contributed by atoms with Crippen LogP contribution in [0.15, 0.2) is 24.5 Å². The lowest BCUT2D eigenvalue weighted by molar-refractivity contribution is 0.395. The van der Waals surface area contributed by atoms with E-state index in [4.69, 9.17) is 15.2 Å². The first kappa shape index (κ1) is 17.1. The number of hydrogen-bond donors (Lipinski definition) is 3. The maximum Gasteiger partial charge on any atom is 0.159 e. The molecule has 1 aliphatic carbocycles. The number of nitrogens with zero attached hydrogens (tertiary/aromatic N) is 2. The molecule has 7 heteroatoms. The lowest BCUT2D eigenvalue weighted by Gasteiger charge is -2.24. The number of anilines is 4. The minimum Gasteiger partial charge on any atom is -0.497 e. The van der Waals surface area contributed by atoms with Crippen molar-refractivity contribution < 1.29 is 9.47 Å². The van der Waals surface area contributed by atoms with E-state index in [1.165, 1.54) is 25.6 Å². The number of nitrogen functional groups attached to an aromatic ring is 1. The van der Waals surface area contributed by atoms with Crippen molar-refractivity contribution in [2.45, 2.75) is 38.1 Å². The van der Waals surface area contributed by atoms with Gasteiger partial charge in [-0.15, -0.1) is 0 Å². The smallest absolute Gasteiger partial charge is 0.159 e. The molecule has 0 unspecified atom stereocenters. The third-order valence-corrected chi connectivity index (χ3v) is 4.49. The molecular formula is C18H25N5O2.